The predicted molar refractivity (Wildman–Crippen MR) is 137 cm³/mol. The zero-order valence-electron chi connectivity index (χ0n) is 20.9. The summed E-state index contributed by atoms with van der Waals surface area (Å²) in [5.74, 6) is -0.261. The van der Waals surface area contributed by atoms with Crippen LogP contribution in [0.25, 0.3) is 0 Å². The molecule has 2 aromatic rings. The highest BCUT2D eigenvalue weighted by Gasteiger charge is 2.35. The van der Waals surface area contributed by atoms with Crippen molar-refractivity contribution in [2.45, 2.75) is 20.3 Å². The van der Waals surface area contributed by atoms with Gasteiger partial charge in [0.2, 0.25) is 11.8 Å². The van der Waals surface area contributed by atoms with E-state index in [2.05, 4.69) is 15.5 Å². The molecule has 4 rings (SSSR count). The van der Waals surface area contributed by atoms with Gasteiger partial charge in [-0.15, -0.1) is 0 Å². The monoisotopic (exact) mass is 494 g/mol. The lowest BCUT2D eigenvalue weighted by Gasteiger charge is -2.26. The molecule has 192 valence electrons. The van der Waals surface area contributed by atoms with Crippen LogP contribution in [0.1, 0.15) is 17.5 Å². The van der Waals surface area contributed by atoms with Crippen LogP contribution in [0.5, 0.6) is 5.75 Å². The molecule has 0 aromatic heterocycles. The molecule has 0 saturated carbocycles. The fourth-order valence-electron chi connectivity index (χ4n) is 4.33. The summed E-state index contributed by atoms with van der Waals surface area (Å²) in [6, 6.07) is 12.7. The van der Waals surface area contributed by atoms with Crippen molar-refractivity contribution in [3.8, 4) is 5.75 Å². The molecule has 2 fully saturated rings. The first-order chi connectivity index (χ1) is 17.4. The number of carbonyl (C=O) groups is 3. The molecule has 0 unspecified atom stereocenters. The van der Waals surface area contributed by atoms with Crippen molar-refractivity contribution in [3.63, 3.8) is 0 Å². The number of amides is 3. The predicted octanol–water partition coefficient (Wildman–Crippen LogP) is 2.12. The maximum atomic E-state index is 12.6. The Hall–Kier alpha value is -3.43. The van der Waals surface area contributed by atoms with E-state index in [1.165, 1.54) is 0 Å². The molecule has 9 nitrogen and oxygen atoms in total. The van der Waals surface area contributed by atoms with Crippen LogP contribution in [-0.4, -0.2) is 75.2 Å². The summed E-state index contributed by atoms with van der Waals surface area (Å²) >= 11 is 0. The molecule has 0 spiro atoms. The van der Waals surface area contributed by atoms with Crippen molar-refractivity contribution >= 4 is 29.1 Å². The van der Waals surface area contributed by atoms with Crippen molar-refractivity contribution in [1.82, 2.24) is 10.2 Å². The third kappa shape index (κ3) is 6.83. The molecule has 0 aliphatic carbocycles. The average Bonchev–Trinajstić information content (AvgIpc) is 3.27. The quantitative estimate of drug-likeness (QED) is 0.554. The van der Waals surface area contributed by atoms with E-state index < -0.39 is 0 Å². The molecule has 0 bridgehead atoms. The van der Waals surface area contributed by atoms with Gasteiger partial charge in [0.25, 0.3) is 5.91 Å². The van der Waals surface area contributed by atoms with Gasteiger partial charge in [0.05, 0.1) is 19.1 Å². The second kappa shape index (κ2) is 12.0. The van der Waals surface area contributed by atoms with Gasteiger partial charge in [0, 0.05) is 50.5 Å². The number of carbonyl (C=O) groups excluding carboxylic acids is 3. The lowest BCUT2D eigenvalue weighted by molar-refractivity contribution is -0.126. The number of rotatable bonds is 9. The van der Waals surface area contributed by atoms with Gasteiger partial charge < -0.3 is 25.0 Å². The van der Waals surface area contributed by atoms with E-state index in [9.17, 15) is 14.4 Å². The highest BCUT2D eigenvalue weighted by Crippen LogP contribution is 2.27. The molecule has 0 radical (unpaired) electrons. The van der Waals surface area contributed by atoms with Crippen LogP contribution in [0.4, 0.5) is 11.4 Å². The fourth-order valence-corrected chi connectivity index (χ4v) is 4.33. The average molecular weight is 495 g/mol. The number of hydrogen-bond acceptors (Lipinski definition) is 6. The Morgan fingerprint density at radius 3 is 2.53 bits per heavy atom. The highest BCUT2D eigenvalue weighted by molar-refractivity contribution is 6.00. The van der Waals surface area contributed by atoms with Crippen LogP contribution < -0.4 is 20.3 Å². The lowest BCUT2D eigenvalue weighted by atomic mass is 10.1. The summed E-state index contributed by atoms with van der Waals surface area (Å²) in [7, 11) is 0. The van der Waals surface area contributed by atoms with Gasteiger partial charge in [-0.2, -0.15) is 0 Å². The number of nitrogens with zero attached hydrogens (tertiary/aromatic N) is 2. The van der Waals surface area contributed by atoms with Crippen molar-refractivity contribution in [2.75, 3.05) is 62.8 Å². The van der Waals surface area contributed by atoms with Crippen LogP contribution >= 0.6 is 0 Å². The SMILES string of the molecule is Cc1ccc(NC(=O)COc2ccc(N3C[C@@H](C(=O)NCCN4CCOCC4)CC3=O)cc2)cc1C. The minimum atomic E-state index is -0.368. The van der Waals surface area contributed by atoms with Gasteiger partial charge in [-0.3, -0.25) is 19.3 Å². The van der Waals surface area contributed by atoms with Crippen molar-refractivity contribution in [1.29, 1.82) is 0 Å². The van der Waals surface area contributed by atoms with Gasteiger partial charge in [-0.05, 0) is 61.4 Å². The van der Waals surface area contributed by atoms with Crippen LogP contribution in [0.3, 0.4) is 0 Å². The topological polar surface area (TPSA) is 100 Å². The number of morpholine rings is 1. The van der Waals surface area contributed by atoms with E-state index in [0.717, 1.165) is 49.7 Å². The molecule has 2 aromatic carbocycles. The molecule has 2 aliphatic rings. The molecule has 36 heavy (non-hydrogen) atoms. The Morgan fingerprint density at radius 2 is 1.81 bits per heavy atom. The summed E-state index contributed by atoms with van der Waals surface area (Å²) in [6.07, 6.45) is 0.195. The molecular formula is C27H34N4O5. The highest BCUT2D eigenvalue weighted by atomic mass is 16.5. The molecule has 9 heteroatoms. The number of anilines is 2. The Balaban J connectivity index is 1.22. The van der Waals surface area contributed by atoms with Crippen molar-refractivity contribution in [2.24, 2.45) is 5.92 Å². The number of nitrogens with one attached hydrogen (secondary N) is 2. The second-order valence-electron chi connectivity index (χ2n) is 9.28. The van der Waals surface area contributed by atoms with Crippen LogP contribution in [0.15, 0.2) is 42.5 Å². The summed E-state index contributed by atoms with van der Waals surface area (Å²) in [4.78, 5) is 41.3. The largest absolute Gasteiger partial charge is 0.484 e. The normalized spacial score (nSPS) is 18.2. The van der Waals surface area contributed by atoms with E-state index >= 15 is 0 Å². The minimum absolute atomic E-state index is 0.0789. The van der Waals surface area contributed by atoms with E-state index in [-0.39, 0.29) is 36.7 Å². The first-order valence-electron chi connectivity index (χ1n) is 12.4. The van der Waals surface area contributed by atoms with Crippen molar-refractivity contribution in [3.05, 3.63) is 53.6 Å². The van der Waals surface area contributed by atoms with Crippen LogP contribution in [0, 0.1) is 19.8 Å². The molecule has 2 saturated heterocycles. The third-order valence-corrected chi connectivity index (χ3v) is 6.64. The molecule has 2 N–H and O–H groups in total. The Kier molecular flexibility index (Phi) is 8.56. The molecule has 1 atom stereocenters. The molecule has 2 aliphatic heterocycles. The van der Waals surface area contributed by atoms with Crippen LogP contribution in [0.2, 0.25) is 0 Å². The van der Waals surface area contributed by atoms with E-state index in [0.29, 0.717) is 24.5 Å². The zero-order valence-corrected chi connectivity index (χ0v) is 20.9. The molecule has 2 heterocycles. The van der Waals surface area contributed by atoms with Crippen molar-refractivity contribution < 1.29 is 23.9 Å². The van der Waals surface area contributed by atoms with Gasteiger partial charge >= 0.3 is 0 Å². The number of hydrogen-bond donors (Lipinski definition) is 2. The number of benzene rings is 2. The van der Waals surface area contributed by atoms with Gasteiger partial charge in [0.1, 0.15) is 5.75 Å². The Bertz CT molecular complexity index is 1080. The first-order valence-corrected chi connectivity index (χ1v) is 12.4. The Morgan fingerprint density at radius 1 is 1.06 bits per heavy atom. The van der Waals surface area contributed by atoms with E-state index in [1.54, 1.807) is 29.2 Å². The standard InChI is InChI=1S/C27H34N4O5/c1-19-3-4-22(15-20(19)2)29-25(32)18-36-24-7-5-23(6-8-24)31-17-21(16-26(31)33)27(34)28-9-10-30-11-13-35-14-12-30/h3-8,15,21H,9-14,16-18H2,1-2H3,(H,28,34)(H,29,32)/t21-/m0/s1. The van der Waals surface area contributed by atoms with Gasteiger partial charge in [-0.1, -0.05) is 6.07 Å². The zero-order chi connectivity index (χ0) is 25.5. The van der Waals surface area contributed by atoms with Crippen LogP contribution in [-0.2, 0) is 19.1 Å². The smallest absolute Gasteiger partial charge is 0.262 e. The van der Waals surface area contributed by atoms with E-state index in [1.807, 2.05) is 32.0 Å². The maximum absolute atomic E-state index is 12.6. The number of ether oxygens (including phenoxy) is 2. The summed E-state index contributed by atoms with van der Waals surface area (Å²) < 4.78 is 10.9. The number of aryl methyl sites for hydroxylation is 2. The third-order valence-electron chi connectivity index (χ3n) is 6.64. The molecular weight excluding hydrogens is 460 g/mol. The van der Waals surface area contributed by atoms with Gasteiger partial charge in [0.15, 0.2) is 6.61 Å². The second-order valence-corrected chi connectivity index (χ2v) is 9.28. The van der Waals surface area contributed by atoms with Gasteiger partial charge in [-0.25, -0.2) is 0 Å². The summed E-state index contributed by atoms with van der Waals surface area (Å²) in [5, 5.41) is 5.79. The molecule has 3 amide bonds. The first kappa shape index (κ1) is 25.7. The maximum Gasteiger partial charge on any atom is 0.262 e. The summed E-state index contributed by atoms with van der Waals surface area (Å²) in [6.45, 7) is 8.79. The van der Waals surface area contributed by atoms with E-state index in [4.69, 9.17) is 9.47 Å². The lowest BCUT2D eigenvalue weighted by Crippen LogP contribution is -2.42. The summed E-state index contributed by atoms with van der Waals surface area (Å²) in [5.41, 5.74) is 3.70. The minimum Gasteiger partial charge on any atom is -0.484 e. The Labute approximate surface area is 211 Å². The fraction of sp³-hybridized carbons (Fsp3) is 0.444.